The summed E-state index contributed by atoms with van der Waals surface area (Å²) in [6, 6.07) is 60.5. The van der Waals surface area contributed by atoms with Crippen LogP contribution in [0.2, 0.25) is 0 Å². The monoisotopic (exact) mass is 691 g/mol. The molecule has 5 heteroatoms. The first-order valence-electron chi connectivity index (χ1n) is 18.0. The molecule has 0 unspecified atom stereocenters. The Bertz CT molecular complexity index is 3090. The van der Waals surface area contributed by atoms with Crippen LogP contribution in [0, 0.1) is 0 Å². The molecule has 0 fully saturated rings. The molecular weight excluding hydrogens is 663 g/mol. The van der Waals surface area contributed by atoms with Crippen LogP contribution in [-0.4, -0.2) is 15.0 Å². The van der Waals surface area contributed by atoms with E-state index >= 15 is 0 Å². The Labute approximate surface area is 309 Å². The lowest BCUT2D eigenvalue weighted by atomic mass is 9.91. The predicted molar refractivity (Wildman–Crippen MR) is 219 cm³/mol. The molecule has 3 heterocycles. The summed E-state index contributed by atoms with van der Waals surface area (Å²) in [4.78, 5) is 15.9. The van der Waals surface area contributed by atoms with Crippen molar-refractivity contribution in [3.05, 3.63) is 176 Å². The van der Waals surface area contributed by atoms with E-state index in [-0.39, 0.29) is 0 Å². The largest absolute Gasteiger partial charge is 0.455 e. The van der Waals surface area contributed by atoms with Gasteiger partial charge in [0.15, 0.2) is 17.5 Å². The maximum atomic E-state index is 6.54. The molecule has 54 heavy (non-hydrogen) atoms. The van der Waals surface area contributed by atoms with Crippen molar-refractivity contribution in [2.24, 2.45) is 0 Å². The molecule has 0 bridgehead atoms. The molecule has 0 spiro atoms. The van der Waals surface area contributed by atoms with Crippen LogP contribution in [-0.2, 0) is 0 Å². The average molecular weight is 692 g/mol. The number of hydrogen-bond donors (Lipinski definition) is 0. The van der Waals surface area contributed by atoms with Gasteiger partial charge in [-0.15, -0.1) is 0 Å². The van der Waals surface area contributed by atoms with Crippen molar-refractivity contribution >= 4 is 54.6 Å². The zero-order chi connectivity index (χ0) is 35.6. The molecule has 0 aliphatic rings. The standard InChI is InChI=1S/C49H29N3O2/c1-3-13-30(14-4-1)32-25-27-35-33(29-32)26-28-34(31-15-5-2-6-16-31)44(35)49-51-47(40-21-11-19-38-36-17-7-9-23-42(36)53-45(38)40)50-48(52-49)41-22-12-20-39-37-18-8-10-24-43(37)54-46(39)41/h1-29H. The molecule has 0 saturated heterocycles. The van der Waals surface area contributed by atoms with Gasteiger partial charge in [0, 0.05) is 27.1 Å². The van der Waals surface area contributed by atoms with Crippen LogP contribution in [0.25, 0.3) is 111 Å². The maximum absolute atomic E-state index is 6.54. The topological polar surface area (TPSA) is 65.0 Å². The first-order valence-corrected chi connectivity index (χ1v) is 18.0. The zero-order valence-corrected chi connectivity index (χ0v) is 28.9. The Morgan fingerprint density at radius 2 is 0.833 bits per heavy atom. The molecule has 0 amide bonds. The third-order valence-corrected chi connectivity index (χ3v) is 10.4. The number of benzene rings is 8. The molecule has 11 aromatic rings. The average Bonchev–Trinajstić information content (AvgIpc) is 3.82. The number of para-hydroxylation sites is 4. The fraction of sp³-hybridized carbons (Fsp3) is 0. The van der Waals surface area contributed by atoms with Gasteiger partial charge in [-0.1, -0.05) is 146 Å². The zero-order valence-electron chi connectivity index (χ0n) is 28.9. The second kappa shape index (κ2) is 12.1. The van der Waals surface area contributed by atoms with E-state index in [9.17, 15) is 0 Å². The Morgan fingerprint density at radius 3 is 1.44 bits per heavy atom. The van der Waals surface area contributed by atoms with Crippen molar-refractivity contribution in [3.8, 4) is 56.4 Å². The van der Waals surface area contributed by atoms with Crippen LogP contribution in [0.3, 0.4) is 0 Å². The lowest BCUT2D eigenvalue weighted by molar-refractivity contribution is 0.669. The fourth-order valence-electron chi connectivity index (χ4n) is 7.81. The molecule has 0 aliphatic heterocycles. The van der Waals surface area contributed by atoms with Crippen molar-refractivity contribution in [2.45, 2.75) is 0 Å². The smallest absolute Gasteiger partial charge is 0.167 e. The van der Waals surface area contributed by atoms with E-state index in [4.69, 9.17) is 23.8 Å². The van der Waals surface area contributed by atoms with Gasteiger partial charge in [-0.25, -0.2) is 15.0 Å². The molecule has 252 valence electrons. The highest BCUT2D eigenvalue weighted by Gasteiger charge is 2.23. The Kier molecular flexibility index (Phi) is 6.79. The second-order valence-electron chi connectivity index (χ2n) is 13.5. The molecule has 0 radical (unpaired) electrons. The molecule has 0 atom stereocenters. The lowest BCUT2D eigenvalue weighted by Crippen LogP contribution is -2.02. The first kappa shape index (κ1) is 30.3. The van der Waals surface area contributed by atoms with Gasteiger partial charge in [-0.3, -0.25) is 0 Å². The van der Waals surface area contributed by atoms with Gasteiger partial charge in [0.2, 0.25) is 0 Å². The summed E-state index contributed by atoms with van der Waals surface area (Å²) < 4.78 is 13.1. The van der Waals surface area contributed by atoms with Gasteiger partial charge in [0.05, 0.1) is 11.1 Å². The van der Waals surface area contributed by atoms with E-state index in [1.54, 1.807) is 0 Å². The van der Waals surface area contributed by atoms with Crippen LogP contribution in [0.5, 0.6) is 0 Å². The molecule has 0 aliphatic carbocycles. The summed E-state index contributed by atoms with van der Waals surface area (Å²) in [7, 11) is 0. The van der Waals surface area contributed by atoms with Crippen LogP contribution in [0.15, 0.2) is 185 Å². The number of fused-ring (bicyclic) bond motifs is 7. The van der Waals surface area contributed by atoms with Crippen LogP contribution in [0.1, 0.15) is 0 Å². The third-order valence-electron chi connectivity index (χ3n) is 10.4. The van der Waals surface area contributed by atoms with Crippen molar-refractivity contribution < 1.29 is 8.83 Å². The van der Waals surface area contributed by atoms with Gasteiger partial charge >= 0.3 is 0 Å². The Balaban J connectivity index is 1.23. The highest BCUT2D eigenvalue weighted by Crippen LogP contribution is 2.42. The summed E-state index contributed by atoms with van der Waals surface area (Å²) in [6.07, 6.45) is 0. The highest BCUT2D eigenvalue weighted by atomic mass is 16.3. The highest BCUT2D eigenvalue weighted by molar-refractivity contribution is 6.11. The minimum Gasteiger partial charge on any atom is -0.455 e. The summed E-state index contributed by atoms with van der Waals surface area (Å²) in [5.74, 6) is 1.60. The maximum Gasteiger partial charge on any atom is 0.167 e. The van der Waals surface area contributed by atoms with E-state index in [0.717, 1.165) is 93.6 Å². The van der Waals surface area contributed by atoms with Crippen LogP contribution in [0.4, 0.5) is 0 Å². The number of hydrogen-bond acceptors (Lipinski definition) is 5. The molecule has 0 saturated carbocycles. The van der Waals surface area contributed by atoms with Crippen molar-refractivity contribution in [1.82, 2.24) is 15.0 Å². The van der Waals surface area contributed by atoms with E-state index in [2.05, 4.69) is 103 Å². The van der Waals surface area contributed by atoms with Gasteiger partial charge in [-0.05, 0) is 63.4 Å². The van der Waals surface area contributed by atoms with Crippen molar-refractivity contribution in [3.63, 3.8) is 0 Å². The first-order chi connectivity index (χ1) is 26.8. The van der Waals surface area contributed by atoms with Gasteiger partial charge < -0.3 is 8.83 Å². The number of rotatable bonds is 5. The third kappa shape index (κ3) is 4.83. The SMILES string of the molecule is c1ccc(-c2ccc3c(-c4nc(-c5cccc6c5oc5ccccc56)nc(-c5cccc6c5oc5ccccc56)n4)c(-c4ccccc4)ccc3c2)cc1. The van der Waals surface area contributed by atoms with Crippen LogP contribution >= 0.6 is 0 Å². The predicted octanol–water partition coefficient (Wildman–Crippen LogP) is 13.2. The fourth-order valence-corrected chi connectivity index (χ4v) is 7.81. The minimum absolute atomic E-state index is 0.518. The van der Waals surface area contributed by atoms with Crippen LogP contribution < -0.4 is 0 Å². The summed E-state index contributed by atoms with van der Waals surface area (Å²) in [6.45, 7) is 0. The van der Waals surface area contributed by atoms with E-state index < -0.39 is 0 Å². The molecule has 0 N–H and O–H groups in total. The van der Waals surface area contributed by atoms with Crippen molar-refractivity contribution in [1.29, 1.82) is 0 Å². The molecule has 5 nitrogen and oxygen atoms in total. The molecule has 3 aromatic heterocycles. The quantitative estimate of drug-likeness (QED) is 0.180. The molecule has 8 aromatic carbocycles. The molecule has 11 rings (SSSR count). The molecular formula is C49H29N3O2. The second-order valence-corrected chi connectivity index (χ2v) is 13.5. The summed E-state index contributed by atoms with van der Waals surface area (Å²) in [5, 5.41) is 6.25. The normalized spacial score (nSPS) is 11.7. The number of furan rings is 2. The number of aromatic nitrogens is 3. The number of nitrogens with zero attached hydrogens (tertiary/aromatic N) is 3. The summed E-state index contributed by atoms with van der Waals surface area (Å²) in [5.41, 5.74) is 10.0. The van der Waals surface area contributed by atoms with Crippen molar-refractivity contribution in [2.75, 3.05) is 0 Å². The van der Waals surface area contributed by atoms with Gasteiger partial charge in [-0.2, -0.15) is 0 Å². The minimum atomic E-state index is 0.518. The Hall–Kier alpha value is -7.37. The van der Waals surface area contributed by atoms with Gasteiger partial charge in [0.25, 0.3) is 0 Å². The van der Waals surface area contributed by atoms with Gasteiger partial charge in [0.1, 0.15) is 22.3 Å². The summed E-state index contributed by atoms with van der Waals surface area (Å²) >= 11 is 0. The Morgan fingerprint density at radius 1 is 0.315 bits per heavy atom. The van der Waals surface area contributed by atoms with E-state index in [1.807, 2.05) is 72.8 Å². The lowest BCUT2D eigenvalue weighted by Gasteiger charge is -2.16. The van der Waals surface area contributed by atoms with E-state index in [1.165, 1.54) is 0 Å². The van der Waals surface area contributed by atoms with E-state index in [0.29, 0.717) is 17.5 Å².